The quantitative estimate of drug-likeness (QED) is 0.751. The normalized spacial score (nSPS) is 12.6. The summed E-state index contributed by atoms with van der Waals surface area (Å²) in [4.78, 5) is 26.5. The minimum atomic E-state index is -0.222. The molecule has 0 aliphatic carbocycles. The second-order valence-corrected chi connectivity index (χ2v) is 6.61. The lowest BCUT2D eigenvalue weighted by Gasteiger charge is -2.09. The molecule has 1 aromatic heterocycles. The molecule has 0 fully saturated rings. The van der Waals surface area contributed by atoms with Gasteiger partial charge in [0.2, 0.25) is 0 Å². The Balaban J connectivity index is 1.57. The third-order valence-electron chi connectivity index (χ3n) is 3.84. The van der Waals surface area contributed by atoms with Crippen molar-refractivity contribution < 1.29 is 14.0 Å². The Morgan fingerprint density at radius 3 is 2.80 bits per heavy atom. The average molecular weight is 350 g/mol. The SMILES string of the molecule is O=C(NCc1ccco1)c1ccc2c(c1)NC(=O)c1ccccc1S2. The molecule has 2 N–H and O–H groups in total. The van der Waals surface area contributed by atoms with Gasteiger partial charge in [-0.3, -0.25) is 9.59 Å². The largest absolute Gasteiger partial charge is 0.467 e. The maximum absolute atomic E-state index is 12.4. The number of amides is 2. The first-order valence-electron chi connectivity index (χ1n) is 7.73. The van der Waals surface area contributed by atoms with E-state index in [-0.39, 0.29) is 11.8 Å². The number of hydrogen-bond acceptors (Lipinski definition) is 4. The number of anilines is 1. The van der Waals surface area contributed by atoms with Gasteiger partial charge in [0.25, 0.3) is 11.8 Å². The molecule has 0 unspecified atom stereocenters. The monoisotopic (exact) mass is 350 g/mol. The van der Waals surface area contributed by atoms with Crippen molar-refractivity contribution in [1.29, 1.82) is 0 Å². The van der Waals surface area contributed by atoms with Gasteiger partial charge in [-0.15, -0.1) is 0 Å². The number of hydrogen-bond donors (Lipinski definition) is 2. The summed E-state index contributed by atoms with van der Waals surface area (Å²) in [6.45, 7) is 0.315. The smallest absolute Gasteiger partial charge is 0.256 e. The Bertz CT molecular complexity index is 951. The molecule has 0 radical (unpaired) electrons. The standard InChI is InChI=1S/C19H14N2O3S/c22-18(20-11-13-4-3-9-24-13)12-7-8-17-15(10-12)21-19(23)14-5-1-2-6-16(14)25-17/h1-10H,11H2,(H,20,22)(H,21,23). The molecule has 1 aliphatic heterocycles. The molecule has 3 aromatic rings. The Morgan fingerprint density at radius 2 is 1.96 bits per heavy atom. The molecule has 0 bridgehead atoms. The Labute approximate surface area is 148 Å². The molecule has 0 saturated heterocycles. The fourth-order valence-electron chi connectivity index (χ4n) is 2.59. The first kappa shape index (κ1) is 15.5. The third kappa shape index (κ3) is 3.16. The summed E-state index contributed by atoms with van der Waals surface area (Å²) >= 11 is 1.51. The highest BCUT2D eigenvalue weighted by atomic mass is 32.2. The van der Waals surface area contributed by atoms with Crippen molar-refractivity contribution >= 4 is 29.3 Å². The van der Waals surface area contributed by atoms with Gasteiger partial charge >= 0.3 is 0 Å². The summed E-state index contributed by atoms with van der Waals surface area (Å²) in [5.74, 6) is 0.289. The van der Waals surface area contributed by atoms with Crippen LogP contribution in [0.15, 0.2) is 75.1 Å². The maximum Gasteiger partial charge on any atom is 0.256 e. The second kappa shape index (κ2) is 6.49. The van der Waals surface area contributed by atoms with E-state index in [9.17, 15) is 9.59 Å². The van der Waals surface area contributed by atoms with Crippen molar-refractivity contribution in [2.75, 3.05) is 5.32 Å². The van der Waals surface area contributed by atoms with Crippen LogP contribution in [0.5, 0.6) is 0 Å². The Morgan fingerprint density at radius 1 is 1.08 bits per heavy atom. The van der Waals surface area contributed by atoms with Gasteiger partial charge in [0.05, 0.1) is 24.1 Å². The average Bonchev–Trinajstić information content (AvgIpc) is 3.10. The van der Waals surface area contributed by atoms with Crippen molar-refractivity contribution in [3.63, 3.8) is 0 Å². The third-order valence-corrected chi connectivity index (χ3v) is 5.00. The molecule has 4 rings (SSSR count). The highest BCUT2D eigenvalue weighted by Crippen LogP contribution is 2.38. The van der Waals surface area contributed by atoms with E-state index in [1.807, 2.05) is 24.3 Å². The number of benzene rings is 2. The number of fused-ring (bicyclic) bond motifs is 2. The molecule has 0 atom stereocenters. The topological polar surface area (TPSA) is 71.3 Å². The van der Waals surface area contributed by atoms with Crippen molar-refractivity contribution in [2.45, 2.75) is 16.3 Å². The number of rotatable bonds is 3. The molecule has 0 spiro atoms. The van der Waals surface area contributed by atoms with Gasteiger partial charge in [-0.05, 0) is 42.5 Å². The summed E-state index contributed by atoms with van der Waals surface area (Å²) < 4.78 is 5.20. The fourth-order valence-corrected chi connectivity index (χ4v) is 3.60. The number of carbonyl (C=O) groups is 2. The summed E-state index contributed by atoms with van der Waals surface area (Å²) in [7, 11) is 0. The zero-order valence-electron chi connectivity index (χ0n) is 13.1. The zero-order valence-corrected chi connectivity index (χ0v) is 13.9. The van der Waals surface area contributed by atoms with Crippen molar-refractivity contribution in [1.82, 2.24) is 5.32 Å². The van der Waals surface area contributed by atoms with Gasteiger partial charge in [-0.1, -0.05) is 23.9 Å². The van der Waals surface area contributed by atoms with Gasteiger partial charge in [-0.25, -0.2) is 0 Å². The first-order valence-corrected chi connectivity index (χ1v) is 8.55. The predicted molar refractivity (Wildman–Crippen MR) is 94.8 cm³/mol. The van der Waals surface area contributed by atoms with Crippen LogP contribution < -0.4 is 10.6 Å². The van der Waals surface area contributed by atoms with Gasteiger partial charge in [0.1, 0.15) is 5.76 Å². The van der Waals surface area contributed by atoms with E-state index in [0.29, 0.717) is 29.1 Å². The summed E-state index contributed by atoms with van der Waals surface area (Å²) in [5, 5.41) is 5.69. The van der Waals surface area contributed by atoms with Crippen LogP contribution in [0.25, 0.3) is 0 Å². The molecule has 124 valence electrons. The predicted octanol–water partition coefficient (Wildman–Crippen LogP) is 3.93. The number of carbonyl (C=O) groups excluding carboxylic acids is 2. The summed E-state index contributed by atoms with van der Waals surface area (Å²) in [6.07, 6.45) is 1.56. The second-order valence-electron chi connectivity index (χ2n) is 5.53. The van der Waals surface area contributed by atoms with Crippen molar-refractivity contribution in [3.05, 3.63) is 77.7 Å². The minimum Gasteiger partial charge on any atom is -0.467 e. The lowest BCUT2D eigenvalue weighted by atomic mass is 10.1. The Hall–Kier alpha value is -2.99. The van der Waals surface area contributed by atoms with E-state index in [4.69, 9.17) is 4.42 Å². The molecular weight excluding hydrogens is 336 g/mol. The maximum atomic E-state index is 12.4. The van der Waals surface area contributed by atoms with Crippen LogP contribution >= 0.6 is 11.8 Å². The lowest BCUT2D eigenvalue weighted by molar-refractivity contribution is 0.0946. The van der Waals surface area contributed by atoms with Gasteiger partial charge < -0.3 is 15.1 Å². The first-order chi connectivity index (χ1) is 12.2. The number of nitrogens with one attached hydrogen (secondary N) is 2. The van der Waals surface area contributed by atoms with Crippen molar-refractivity contribution in [3.8, 4) is 0 Å². The summed E-state index contributed by atoms with van der Waals surface area (Å²) in [5.41, 5.74) is 1.75. The van der Waals surface area contributed by atoms with Crippen LogP contribution in [0, 0.1) is 0 Å². The van der Waals surface area contributed by atoms with Crippen LogP contribution in [-0.4, -0.2) is 11.8 Å². The van der Waals surface area contributed by atoms with Crippen molar-refractivity contribution in [2.24, 2.45) is 0 Å². The molecule has 2 aromatic carbocycles. The van der Waals surface area contributed by atoms with E-state index >= 15 is 0 Å². The van der Waals surface area contributed by atoms with Crippen LogP contribution in [0.2, 0.25) is 0 Å². The molecular formula is C19H14N2O3S. The van der Waals surface area contributed by atoms with Crippen LogP contribution in [0.4, 0.5) is 5.69 Å². The van der Waals surface area contributed by atoms with Gasteiger partial charge in [0, 0.05) is 15.4 Å². The molecule has 2 amide bonds. The molecule has 5 nitrogen and oxygen atoms in total. The fraction of sp³-hybridized carbons (Fsp3) is 0.0526. The van der Waals surface area contributed by atoms with Crippen LogP contribution in [0.1, 0.15) is 26.5 Å². The van der Waals surface area contributed by atoms with Crippen LogP contribution in [0.3, 0.4) is 0 Å². The molecule has 2 heterocycles. The van der Waals surface area contributed by atoms with E-state index in [0.717, 1.165) is 9.79 Å². The molecule has 25 heavy (non-hydrogen) atoms. The highest BCUT2D eigenvalue weighted by molar-refractivity contribution is 7.99. The Kier molecular flexibility index (Phi) is 4.03. The van der Waals surface area contributed by atoms with Crippen LogP contribution in [-0.2, 0) is 6.54 Å². The number of furan rings is 1. The minimum absolute atomic E-state index is 0.171. The van der Waals surface area contributed by atoms with E-state index in [1.54, 1.807) is 36.6 Å². The van der Waals surface area contributed by atoms with E-state index in [2.05, 4.69) is 10.6 Å². The highest BCUT2D eigenvalue weighted by Gasteiger charge is 2.20. The molecule has 6 heteroatoms. The summed E-state index contributed by atoms with van der Waals surface area (Å²) in [6, 6.07) is 16.3. The van der Waals surface area contributed by atoms with Gasteiger partial charge in [0.15, 0.2) is 0 Å². The lowest BCUT2D eigenvalue weighted by Crippen LogP contribution is -2.22. The molecule has 1 aliphatic rings. The van der Waals surface area contributed by atoms with Gasteiger partial charge in [-0.2, -0.15) is 0 Å². The zero-order chi connectivity index (χ0) is 17.2. The van der Waals surface area contributed by atoms with E-state index < -0.39 is 0 Å². The molecule has 0 saturated carbocycles. The van der Waals surface area contributed by atoms with E-state index in [1.165, 1.54) is 11.8 Å².